The molecule has 1 aromatic carbocycles. The zero-order valence-electron chi connectivity index (χ0n) is 10.7. The normalized spacial score (nSPS) is 14.8. The van der Waals surface area contributed by atoms with E-state index in [-0.39, 0.29) is 12.7 Å². The summed E-state index contributed by atoms with van der Waals surface area (Å²) in [5.74, 6) is 0.0131. The van der Waals surface area contributed by atoms with E-state index >= 15 is 0 Å². The smallest absolute Gasteiger partial charge is 0.147 e. The zero-order chi connectivity index (χ0) is 13.7. The Morgan fingerprint density at radius 2 is 1.78 bits per heavy atom. The van der Waals surface area contributed by atoms with Crippen molar-refractivity contribution in [2.45, 2.75) is 26.1 Å². The van der Waals surface area contributed by atoms with Crippen LogP contribution in [0.15, 0.2) is 18.2 Å². The number of hydrogen-bond donors (Lipinski definition) is 1. The van der Waals surface area contributed by atoms with Gasteiger partial charge in [-0.3, -0.25) is 0 Å². The van der Waals surface area contributed by atoms with Gasteiger partial charge in [-0.25, -0.2) is 0 Å². The molecule has 0 bridgehead atoms. The Bertz CT molecular complexity index is 362. The number of halogens is 2. The molecule has 0 aliphatic rings. The molecule has 18 heavy (non-hydrogen) atoms. The van der Waals surface area contributed by atoms with Crippen LogP contribution in [0.2, 0.25) is 10.0 Å². The zero-order valence-corrected chi connectivity index (χ0v) is 12.2. The molecule has 0 fully saturated rings. The third kappa shape index (κ3) is 3.84. The number of aliphatic hydroxyl groups is 1. The highest BCUT2D eigenvalue weighted by molar-refractivity contribution is 6.36. The van der Waals surface area contributed by atoms with Crippen molar-refractivity contribution in [2.75, 3.05) is 13.9 Å². The summed E-state index contributed by atoms with van der Waals surface area (Å²) in [6, 6.07) is 5.20. The van der Waals surface area contributed by atoms with Crippen LogP contribution in [0, 0.1) is 5.92 Å². The van der Waals surface area contributed by atoms with Gasteiger partial charge in [-0.1, -0.05) is 43.1 Å². The number of hydrogen-bond acceptors (Lipinski definition) is 3. The van der Waals surface area contributed by atoms with Gasteiger partial charge in [0.15, 0.2) is 0 Å². The molecule has 0 amide bonds. The predicted octanol–water partition coefficient (Wildman–Crippen LogP) is 3.67. The van der Waals surface area contributed by atoms with Gasteiger partial charge in [-0.05, 0) is 18.1 Å². The maximum Gasteiger partial charge on any atom is 0.147 e. The highest BCUT2D eigenvalue weighted by atomic mass is 35.5. The second-order valence-electron chi connectivity index (χ2n) is 4.36. The van der Waals surface area contributed by atoms with Crippen LogP contribution in [0.1, 0.15) is 25.5 Å². The maximum atomic E-state index is 10.2. The average molecular weight is 293 g/mol. The topological polar surface area (TPSA) is 38.7 Å². The SMILES string of the molecule is COCO[C@H](c1c(Cl)cccc1Cl)[C@H](O)C(C)C. The van der Waals surface area contributed by atoms with Crippen molar-refractivity contribution < 1.29 is 14.6 Å². The van der Waals surface area contributed by atoms with Crippen molar-refractivity contribution >= 4 is 23.2 Å². The van der Waals surface area contributed by atoms with Gasteiger partial charge >= 0.3 is 0 Å². The third-order valence-electron chi connectivity index (χ3n) is 2.64. The molecule has 0 heterocycles. The summed E-state index contributed by atoms with van der Waals surface area (Å²) in [5.41, 5.74) is 0.596. The minimum Gasteiger partial charge on any atom is -0.390 e. The standard InChI is InChI=1S/C13H18Cl2O3/c1-8(2)12(16)13(18-7-17-3)11-9(14)5-4-6-10(11)15/h4-6,8,12-13,16H,7H2,1-3H3/t12-,13-/m1/s1. The molecule has 0 unspecified atom stereocenters. The van der Waals surface area contributed by atoms with Crippen LogP contribution < -0.4 is 0 Å². The molecule has 3 nitrogen and oxygen atoms in total. The molecule has 1 rings (SSSR count). The van der Waals surface area contributed by atoms with Gasteiger partial charge in [0, 0.05) is 22.7 Å². The third-order valence-corrected chi connectivity index (χ3v) is 3.30. The highest BCUT2D eigenvalue weighted by Gasteiger charge is 2.28. The quantitative estimate of drug-likeness (QED) is 0.813. The van der Waals surface area contributed by atoms with E-state index in [2.05, 4.69) is 0 Å². The first-order chi connectivity index (χ1) is 8.49. The fourth-order valence-electron chi connectivity index (χ4n) is 1.63. The lowest BCUT2D eigenvalue weighted by atomic mass is 9.96. The van der Waals surface area contributed by atoms with Crippen molar-refractivity contribution in [3.8, 4) is 0 Å². The molecular weight excluding hydrogens is 275 g/mol. The van der Waals surface area contributed by atoms with Crippen molar-refractivity contribution in [1.82, 2.24) is 0 Å². The first kappa shape index (κ1) is 15.7. The van der Waals surface area contributed by atoms with E-state index in [1.54, 1.807) is 18.2 Å². The van der Waals surface area contributed by atoms with Crippen LogP contribution in [0.5, 0.6) is 0 Å². The van der Waals surface area contributed by atoms with Gasteiger partial charge in [0.05, 0.1) is 6.10 Å². The molecule has 1 N–H and O–H groups in total. The number of ether oxygens (including phenoxy) is 2. The molecule has 0 aliphatic carbocycles. The van der Waals surface area contributed by atoms with Crippen LogP contribution >= 0.6 is 23.2 Å². The molecule has 2 atom stereocenters. The minimum absolute atomic E-state index is 0.0131. The summed E-state index contributed by atoms with van der Waals surface area (Å²) < 4.78 is 10.4. The molecule has 5 heteroatoms. The lowest BCUT2D eigenvalue weighted by Gasteiger charge is -2.27. The summed E-state index contributed by atoms with van der Waals surface area (Å²) in [4.78, 5) is 0. The molecule has 0 saturated carbocycles. The molecule has 102 valence electrons. The van der Waals surface area contributed by atoms with Gasteiger partial charge in [0.2, 0.25) is 0 Å². The summed E-state index contributed by atoms with van der Waals surface area (Å²) in [6.07, 6.45) is -1.32. The highest BCUT2D eigenvalue weighted by Crippen LogP contribution is 2.36. The first-order valence-electron chi connectivity index (χ1n) is 5.71. The van der Waals surface area contributed by atoms with Crippen molar-refractivity contribution in [2.24, 2.45) is 5.92 Å². The summed E-state index contributed by atoms with van der Waals surface area (Å²) in [7, 11) is 1.52. The van der Waals surface area contributed by atoms with Crippen LogP contribution in [0.25, 0.3) is 0 Å². The van der Waals surface area contributed by atoms with Crippen molar-refractivity contribution in [3.63, 3.8) is 0 Å². The molecule has 0 radical (unpaired) electrons. The predicted molar refractivity (Wildman–Crippen MR) is 73.0 cm³/mol. The molecule has 0 spiro atoms. The van der Waals surface area contributed by atoms with E-state index in [9.17, 15) is 5.11 Å². The van der Waals surface area contributed by atoms with Gasteiger partial charge < -0.3 is 14.6 Å². The second kappa shape index (κ2) is 7.31. The van der Waals surface area contributed by atoms with Gasteiger partial charge in [-0.2, -0.15) is 0 Å². The number of benzene rings is 1. The summed E-state index contributed by atoms with van der Waals surface area (Å²) in [6.45, 7) is 3.87. The molecule has 1 aromatic rings. The fourth-order valence-corrected chi connectivity index (χ4v) is 2.24. The fraction of sp³-hybridized carbons (Fsp3) is 0.538. The van der Waals surface area contributed by atoms with Crippen LogP contribution in [0.4, 0.5) is 0 Å². The minimum atomic E-state index is -0.711. The number of methoxy groups -OCH3 is 1. The van der Waals surface area contributed by atoms with Crippen LogP contribution in [-0.2, 0) is 9.47 Å². The lowest BCUT2D eigenvalue weighted by Crippen LogP contribution is -2.27. The molecule has 0 aromatic heterocycles. The van der Waals surface area contributed by atoms with E-state index in [1.165, 1.54) is 7.11 Å². The van der Waals surface area contributed by atoms with Gasteiger partial charge in [0.25, 0.3) is 0 Å². The maximum absolute atomic E-state index is 10.2. The van der Waals surface area contributed by atoms with E-state index < -0.39 is 12.2 Å². The molecule has 0 aliphatic heterocycles. The largest absolute Gasteiger partial charge is 0.390 e. The second-order valence-corrected chi connectivity index (χ2v) is 5.18. The van der Waals surface area contributed by atoms with Gasteiger partial charge in [0.1, 0.15) is 12.9 Å². The number of aliphatic hydroxyl groups excluding tert-OH is 1. The first-order valence-corrected chi connectivity index (χ1v) is 6.47. The average Bonchev–Trinajstić information content (AvgIpc) is 2.32. The van der Waals surface area contributed by atoms with Gasteiger partial charge in [-0.15, -0.1) is 0 Å². The monoisotopic (exact) mass is 292 g/mol. The van der Waals surface area contributed by atoms with E-state index in [1.807, 2.05) is 13.8 Å². The Morgan fingerprint density at radius 1 is 1.22 bits per heavy atom. The summed E-state index contributed by atoms with van der Waals surface area (Å²) >= 11 is 12.3. The van der Waals surface area contributed by atoms with Crippen molar-refractivity contribution in [3.05, 3.63) is 33.8 Å². The lowest BCUT2D eigenvalue weighted by molar-refractivity contribution is -0.124. The van der Waals surface area contributed by atoms with E-state index in [4.69, 9.17) is 32.7 Å². The molecule has 0 saturated heterocycles. The molecular formula is C13H18Cl2O3. The summed E-state index contributed by atoms with van der Waals surface area (Å²) in [5, 5.41) is 11.2. The Balaban J connectivity index is 3.08. The number of rotatable bonds is 6. The Hall–Kier alpha value is -0.320. The van der Waals surface area contributed by atoms with Crippen molar-refractivity contribution in [1.29, 1.82) is 0 Å². The van der Waals surface area contributed by atoms with E-state index in [0.29, 0.717) is 15.6 Å². The Kier molecular flexibility index (Phi) is 6.39. The Morgan fingerprint density at radius 3 is 2.22 bits per heavy atom. The van der Waals surface area contributed by atoms with Crippen LogP contribution in [0.3, 0.4) is 0 Å². The van der Waals surface area contributed by atoms with Crippen LogP contribution in [-0.4, -0.2) is 25.1 Å². The van der Waals surface area contributed by atoms with E-state index in [0.717, 1.165) is 0 Å². The Labute approximate surface area is 118 Å².